The number of H-pyrrole nitrogens is 1. The lowest BCUT2D eigenvalue weighted by molar-refractivity contribution is -0.122. The third-order valence-electron chi connectivity index (χ3n) is 3.33. The van der Waals surface area contributed by atoms with E-state index in [-0.39, 0.29) is 5.91 Å². The van der Waals surface area contributed by atoms with Crippen LogP contribution in [0.5, 0.6) is 0 Å². The average Bonchev–Trinajstić information content (AvgIpc) is 2.87. The summed E-state index contributed by atoms with van der Waals surface area (Å²) in [5, 5.41) is 7.13. The minimum Gasteiger partial charge on any atom is -0.379 e. The fourth-order valence-corrected chi connectivity index (χ4v) is 2.24. The van der Waals surface area contributed by atoms with Gasteiger partial charge in [-0.25, -0.2) is 4.98 Å². The number of aromatic amines is 1. The average molecular weight is 260 g/mol. The van der Waals surface area contributed by atoms with Gasteiger partial charge in [0.05, 0.1) is 24.2 Å². The smallest absolute Gasteiger partial charge is 0.252 e. The van der Waals surface area contributed by atoms with Gasteiger partial charge in [-0.15, -0.1) is 0 Å². The van der Waals surface area contributed by atoms with Crippen LogP contribution in [0.15, 0.2) is 18.5 Å². The van der Waals surface area contributed by atoms with Crippen molar-refractivity contribution in [3.05, 3.63) is 18.5 Å². The van der Waals surface area contributed by atoms with Crippen LogP contribution in [0.1, 0.15) is 13.8 Å². The standard InChI is InChI=1S/C13H16N4O2/c1-3-19-7-13(2)12(18)16-9-6-15-11-8(4-5-14-11)10(9)17-13/h4-6,17H,3,7H2,1-2H3,(H,14,15)(H,16,18). The number of nitrogens with one attached hydrogen (secondary N) is 3. The molecule has 6 nitrogen and oxygen atoms in total. The maximum Gasteiger partial charge on any atom is 0.252 e. The first-order valence-electron chi connectivity index (χ1n) is 6.27. The van der Waals surface area contributed by atoms with Gasteiger partial charge in [0.15, 0.2) is 0 Å². The molecule has 1 aliphatic rings. The van der Waals surface area contributed by atoms with Crippen LogP contribution in [0.25, 0.3) is 11.0 Å². The number of nitrogens with zero attached hydrogens (tertiary/aromatic N) is 1. The monoisotopic (exact) mass is 260 g/mol. The highest BCUT2D eigenvalue weighted by molar-refractivity contribution is 6.11. The van der Waals surface area contributed by atoms with Gasteiger partial charge in [0, 0.05) is 18.2 Å². The molecule has 0 saturated heterocycles. The van der Waals surface area contributed by atoms with Crippen molar-refractivity contribution >= 4 is 28.3 Å². The summed E-state index contributed by atoms with van der Waals surface area (Å²) in [5.74, 6) is -0.106. The molecule has 1 unspecified atom stereocenters. The molecule has 3 N–H and O–H groups in total. The van der Waals surface area contributed by atoms with Gasteiger partial charge >= 0.3 is 0 Å². The minimum absolute atomic E-state index is 0.106. The largest absolute Gasteiger partial charge is 0.379 e. The zero-order valence-electron chi connectivity index (χ0n) is 10.9. The topological polar surface area (TPSA) is 79.0 Å². The molecule has 1 aliphatic heterocycles. The highest BCUT2D eigenvalue weighted by Gasteiger charge is 2.38. The number of rotatable bonds is 3. The van der Waals surface area contributed by atoms with Crippen LogP contribution >= 0.6 is 0 Å². The van der Waals surface area contributed by atoms with Crippen LogP contribution in [0.2, 0.25) is 0 Å². The summed E-state index contributed by atoms with van der Waals surface area (Å²) < 4.78 is 5.41. The third kappa shape index (κ3) is 1.84. The van der Waals surface area contributed by atoms with Crippen molar-refractivity contribution in [2.75, 3.05) is 23.8 Å². The van der Waals surface area contributed by atoms with Crippen molar-refractivity contribution in [1.82, 2.24) is 9.97 Å². The third-order valence-corrected chi connectivity index (χ3v) is 3.33. The van der Waals surface area contributed by atoms with Crippen molar-refractivity contribution in [3.63, 3.8) is 0 Å². The fourth-order valence-electron chi connectivity index (χ4n) is 2.24. The molecule has 19 heavy (non-hydrogen) atoms. The molecule has 2 aromatic rings. The second-order valence-electron chi connectivity index (χ2n) is 4.84. The molecule has 2 aromatic heterocycles. The number of hydrogen-bond acceptors (Lipinski definition) is 4. The lowest BCUT2D eigenvalue weighted by atomic mass is 9.98. The van der Waals surface area contributed by atoms with E-state index in [0.717, 1.165) is 16.7 Å². The predicted molar refractivity (Wildman–Crippen MR) is 73.2 cm³/mol. The fraction of sp³-hybridized carbons (Fsp3) is 0.385. The molecule has 0 bridgehead atoms. The Morgan fingerprint density at radius 1 is 1.47 bits per heavy atom. The lowest BCUT2D eigenvalue weighted by Gasteiger charge is -2.35. The quantitative estimate of drug-likeness (QED) is 0.785. The Morgan fingerprint density at radius 2 is 2.32 bits per heavy atom. The number of pyridine rings is 1. The van der Waals surface area contributed by atoms with Crippen molar-refractivity contribution in [1.29, 1.82) is 0 Å². The highest BCUT2D eigenvalue weighted by Crippen LogP contribution is 2.35. The number of aromatic nitrogens is 2. The first kappa shape index (κ1) is 12.0. The number of hydrogen-bond donors (Lipinski definition) is 3. The molecule has 100 valence electrons. The molecular weight excluding hydrogens is 244 g/mol. The molecule has 0 radical (unpaired) electrons. The Morgan fingerprint density at radius 3 is 3.11 bits per heavy atom. The zero-order chi connectivity index (χ0) is 13.5. The summed E-state index contributed by atoms with van der Waals surface area (Å²) in [6.07, 6.45) is 3.48. The number of amides is 1. The normalized spacial score (nSPS) is 21.9. The van der Waals surface area contributed by atoms with E-state index in [9.17, 15) is 4.79 Å². The van der Waals surface area contributed by atoms with Gasteiger partial charge in [0.2, 0.25) is 0 Å². The van der Waals surface area contributed by atoms with Crippen LogP contribution in [0.3, 0.4) is 0 Å². The van der Waals surface area contributed by atoms with Crippen LogP contribution < -0.4 is 10.6 Å². The molecule has 0 spiro atoms. The van der Waals surface area contributed by atoms with E-state index in [4.69, 9.17) is 4.74 Å². The van der Waals surface area contributed by atoms with E-state index in [1.165, 1.54) is 0 Å². The Bertz CT molecular complexity index is 637. The van der Waals surface area contributed by atoms with E-state index >= 15 is 0 Å². The summed E-state index contributed by atoms with van der Waals surface area (Å²) in [7, 11) is 0. The summed E-state index contributed by atoms with van der Waals surface area (Å²) in [6.45, 7) is 4.64. The van der Waals surface area contributed by atoms with Crippen LogP contribution in [-0.2, 0) is 9.53 Å². The summed E-state index contributed by atoms with van der Waals surface area (Å²) in [4.78, 5) is 19.5. The molecule has 0 saturated carbocycles. The maximum absolute atomic E-state index is 12.2. The Balaban J connectivity index is 2.04. The SMILES string of the molecule is CCOCC1(C)Nc2c(cnc3[nH]ccc23)NC1=O. The Kier molecular flexibility index (Phi) is 2.67. The van der Waals surface area contributed by atoms with E-state index in [2.05, 4.69) is 20.6 Å². The van der Waals surface area contributed by atoms with Gasteiger partial charge in [0.1, 0.15) is 11.2 Å². The van der Waals surface area contributed by atoms with E-state index < -0.39 is 5.54 Å². The summed E-state index contributed by atoms with van der Waals surface area (Å²) in [5.41, 5.74) is 1.61. The summed E-state index contributed by atoms with van der Waals surface area (Å²) >= 11 is 0. The van der Waals surface area contributed by atoms with Gasteiger partial charge in [0.25, 0.3) is 5.91 Å². The van der Waals surface area contributed by atoms with Crippen molar-refractivity contribution in [3.8, 4) is 0 Å². The van der Waals surface area contributed by atoms with Crippen molar-refractivity contribution < 1.29 is 9.53 Å². The van der Waals surface area contributed by atoms with Gasteiger partial charge in [-0.1, -0.05) is 0 Å². The molecule has 1 atom stereocenters. The molecule has 6 heteroatoms. The van der Waals surface area contributed by atoms with Gasteiger partial charge < -0.3 is 20.4 Å². The van der Waals surface area contributed by atoms with Crippen molar-refractivity contribution in [2.24, 2.45) is 0 Å². The zero-order valence-corrected chi connectivity index (χ0v) is 10.9. The van der Waals surface area contributed by atoms with Crippen molar-refractivity contribution in [2.45, 2.75) is 19.4 Å². The first-order chi connectivity index (χ1) is 9.14. The lowest BCUT2D eigenvalue weighted by Crippen LogP contribution is -2.53. The second-order valence-corrected chi connectivity index (χ2v) is 4.84. The molecule has 1 amide bonds. The number of ether oxygens (including phenoxy) is 1. The molecule has 0 fully saturated rings. The Labute approximate surface area is 110 Å². The van der Waals surface area contributed by atoms with Gasteiger partial charge in [-0.05, 0) is 19.9 Å². The highest BCUT2D eigenvalue weighted by atomic mass is 16.5. The number of carbonyl (C=O) groups is 1. The van der Waals surface area contributed by atoms with Gasteiger partial charge in [-0.2, -0.15) is 0 Å². The minimum atomic E-state index is -0.769. The number of fused-ring (bicyclic) bond motifs is 3. The number of carbonyl (C=O) groups excluding carboxylic acids is 1. The molecular formula is C13H16N4O2. The van der Waals surface area contributed by atoms with Crippen LogP contribution in [-0.4, -0.2) is 34.6 Å². The predicted octanol–water partition coefficient (Wildman–Crippen LogP) is 1.72. The van der Waals surface area contributed by atoms with Crippen LogP contribution in [0, 0.1) is 0 Å². The second kappa shape index (κ2) is 4.24. The maximum atomic E-state index is 12.2. The van der Waals surface area contributed by atoms with E-state index in [1.807, 2.05) is 26.1 Å². The van der Waals surface area contributed by atoms with E-state index in [0.29, 0.717) is 18.9 Å². The van der Waals surface area contributed by atoms with Gasteiger partial charge in [-0.3, -0.25) is 4.79 Å². The molecule has 0 aliphatic carbocycles. The molecule has 0 aromatic carbocycles. The first-order valence-corrected chi connectivity index (χ1v) is 6.27. The molecule has 3 heterocycles. The number of anilines is 2. The van der Waals surface area contributed by atoms with E-state index in [1.54, 1.807) is 6.20 Å². The summed E-state index contributed by atoms with van der Waals surface area (Å²) in [6, 6.07) is 1.94. The molecule has 3 rings (SSSR count). The Hall–Kier alpha value is -2.08. The van der Waals surface area contributed by atoms with Crippen LogP contribution in [0.4, 0.5) is 11.4 Å².